The number of hydrogen-bond acceptors (Lipinski definition) is 5. The average Bonchev–Trinajstić information content (AvgIpc) is 2.45. The van der Waals surface area contributed by atoms with Gasteiger partial charge in [-0.2, -0.15) is 0 Å². The number of ether oxygens (including phenoxy) is 2. The first kappa shape index (κ1) is 15.2. The van der Waals surface area contributed by atoms with Crippen LogP contribution in [0.2, 0.25) is 0 Å². The number of carbonyl (C=O) groups excluding carboxylic acids is 2. The van der Waals surface area contributed by atoms with Crippen molar-refractivity contribution in [3.8, 4) is 0 Å². The van der Waals surface area contributed by atoms with E-state index in [4.69, 9.17) is 9.47 Å². The number of unbranched alkanes of at least 4 members (excludes halogenated alkanes) is 1. The molecule has 0 bridgehead atoms. The van der Waals surface area contributed by atoms with Crippen LogP contribution in [0.25, 0.3) is 0 Å². The van der Waals surface area contributed by atoms with Crippen LogP contribution in [0.4, 0.5) is 0 Å². The third kappa shape index (κ3) is 5.09. The van der Waals surface area contributed by atoms with Crippen LogP contribution < -0.4 is 5.32 Å². The van der Waals surface area contributed by atoms with Gasteiger partial charge in [-0.3, -0.25) is 5.32 Å². The van der Waals surface area contributed by atoms with Crippen LogP contribution >= 0.6 is 0 Å². The Morgan fingerprint density at radius 2 is 1.95 bits per heavy atom. The molecular formula is C14H19NO4. The summed E-state index contributed by atoms with van der Waals surface area (Å²) in [6.07, 6.45) is 0.639. The Morgan fingerprint density at radius 3 is 2.53 bits per heavy atom. The number of benzene rings is 1. The Labute approximate surface area is 112 Å². The maximum Gasteiger partial charge on any atom is 0.363 e. The molecule has 19 heavy (non-hydrogen) atoms. The summed E-state index contributed by atoms with van der Waals surface area (Å²) in [5, 5.41) is 2.61. The lowest BCUT2D eigenvalue weighted by Crippen LogP contribution is -2.39. The van der Waals surface area contributed by atoms with Crippen LogP contribution in [-0.4, -0.2) is 31.8 Å². The lowest BCUT2D eigenvalue weighted by Gasteiger charge is -2.15. The van der Waals surface area contributed by atoms with Crippen molar-refractivity contribution in [1.29, 1.82) is 0 Å². The van der Waals surface area contributed by atoms with Gasteiger partial charge in [0.2, 0.25) is 0 Å². The summed E-state index contributed by atoms with van der Waals surface area (Å²) in [4.78, 5) is 23.4. The predicted octanol–water partition coefficient (Wildman–Crippen LogP) is 1.73. The number of hydrogen-bond donors (Lipinski definition) is 1. The van der Waals surface area contributed by atoms with Crippen LogP contribution in [0.5, 0.6) is 0 Å². The molecule has 1 aromatic carbocycles. The maximum atomic E-state index is 11.8. The smallest absolute Gasteiger partial charge is 0.363 e. The molecule has 104 valence electrons. The fourth-order valence-corrected chi connectivity index (χ4v) is 1.37. The van der Waals surface area contributed by atoms with E-state index in [0.29, 0.717) is 12.2 Å². The molecule has 0 aliphatic heterocycles. The van der Waals surface area contributed by atoms with E-state index in [1.54, 1.807) is 30.3 Å². The van der Waals surface area contributed by atoms with E-state index in [-0.39, 0.29) is 0 Å². The van der Waals surface area contributed by atoms with Crippen molar-refractivity contribution >= 4 is 11.9 Å². The number of nitrogens with one attached hydrogen (secondary N) is 1. The fourth-order valence-electron chi connectivity index (χ4n) is 1.37. The van der Waals surface area contributed by atoms with Gasteiger partial charge in [0, 0.05) is 0 Å². The third-order valence-corrected chi connectivity index (χ3v) is 2.45. The lowest BCUT2D eigenvalue weighted by atomic mass is 10.2. The molecule has 1 aromatic rings. The Kier molecular flexibility index (Phi) is 6.60. The van der Waals surface area contributed by atoms with Crippen molar-refractivity contribution in [2.45, 2.75) is 26.0 Å². The van der Waals surface area contributed by atoms with E-state index in [1.165, 1.54) is 7.05 Å². The first-order valence-corrected chi connectivity index (χ1v) is 6.29. The molecule has 0 saturated heterocycles. The molecule has 0 radical (unpaired) electrons. The quantitative estimate of drug-likeness (QED) is 0.462. The molecule has 0 aliphatic carbocycles. The summed E-state index contributed by atoms with van der Waals surface area (Å²) in [6.45, 7) is 2.33. The molecule has 5 heteroatoms. The fraction of sp³-hybridized carbons (Fsp3) is 0.429. The van der Waals surface area contributed by atoms with E-state index < -0.39 is 18.2 Å². The van der Waals surface area contributed by atoms with Gasteiger partial charge < -0.3 is 9.47 Å². The van der Waals surface area contributed by atoms with Crippen molar-refractivity contribution in [1.82, 2.24) is 5.32 Å². The van der Waals surface area contributed by atoms with Gasteiger partial charge in [0.15, 0.2) is 0 Å². The van der Waals surface area contributed by atoms with Crippen molar-refractivity contribution in [3.05, 3.63) is 35.9 Å². The Balaban J connectivity index is 2.52. The standard InChI is InChI=1S/C14H19NO4/c1-3-4-10-18-14(17)12(15-2)19-13(16)11-8-6-5-7-9-11/h5-9,12,15H,3-4,10H2,1-2H3. The third-order valence-electron chi connectivity index (χ3n) is 2.45. The van der Waals surface area contributed by atoms with Crippen molar-refractivity contribution in [2.75, 3.05) is 13.7 Å². The molecule has 0 fully saturated rings. The van der Waals surface area contributed by atoms with Gasteiger partial charge in [-0.25, -0.2) is 9.59 Å². The highest BCUT2D eigenvalue weighted by molar-refractivity contribution is 5.91. The van der Waals surface area contributed by atoms with Crippen LogP contribution in [0.15, 0.2) is 30.3 Å². The first-order chi connectivity index (χ1) is 9.19. The summed E-state index contributed by atoms with van der Waals surface area (Å²) in [5.41, 5.74) is 0.393. The summed E-state index contributed by atoms with van der Waals surface area (Å²) < 4.78 is 10.0. The molecule has 1 atom stereocenters. The summed E-state index contributed by atoms with van der Waals surface area (Å²) in [7, 11) is 1.53. The second kappa shape index (κ2) is 8.26. The molecule has 0 spiro atoms. The van der Waals surface area contributed by atoms with Crippen molar-refractivity contribution in [3.63, 3.8) is 0 Å². The molecule has 1 unspecified atom stereocenters. The summed E-state index contributed by atoms with van der Waals surface area (Å²) in [5.74, 6) is -1.15. The molecule has 0 amide bonds. The molecule has 0 saturated carbocycles. The Hall–Kier alpha value is -1.88. The maximum absolute atomic E-state index is 11.8. The van der Waals surface area contributed by atoms with E-state index in [2.05, 4.69) is 5.32 Å². The minimum absolute atomic E-state index is 0.330. The van der Waals surface area contributed by atoms with E-state index in [0.717, 1.165) is 12.8 Å². The minimum Gasteiger partial charge on any atom is -0.462 e. The number of carbonyl (C=O) groups is 2. The monoisotopic (exact) mass is 265 g/mol. The van der Waals surface area contributed by atoms with Gasteiger partial charge in [0.1, 0.15) is 0 Å². The summed E-state index contributed by atoms with van der Waals surface area (Å²) in [6, 6.07) is 8.50. The van der Waals surface area contributed by atoms with Crippen LogP contribution in [0.3, 0.4) is 0 Å². The predicted molar refractivity (Wildman–Crippen MR) is 70.6 cm³/mol. The molecule has 5 nitrogen and oxygen atoms in total. The highest BCUT2D eigenvalue weighted by atomic mass is 16.6. The zero-order valence-electron chi connectivity index (χ0n) is 11.2. The van der Waals surface area contributed by atoms with Gasteiger partial charge >= 0.3 is 11.9 Å². The zero-order valence-corrected chi connectivity index (χ0v) is 11.2. The molecule has 1 rings (SSSR count). The highest BCUT2D eigenvalue weighted by Crippen LogP contribution is 2.04. The normalized spacial score (nSPS) is 11.7. The molecular weight excluding hydrogens is 246 g/mol. The SMILES string of the molecule is CCCCOC(=O)C(NC)OC(=O)c1ccccc1. The van der Waals surface area contributed by atoms with E-state index >= 15 is 0 Å². The van der Waals surface area contributed by atoms with Gasteiger partial charge in [0.25, 0.3) is 6.23 Å². The minimum atomic E-state index is -1.08. The van der Waals surface area contributed by atoms with Gasteiger partial charge in [-0.05, 0) is 25.6 Å². The highest BCUT2D eigenvalue weighted by Gasteiger charge is 2.23. The average molecular weight is 265 g/mol. The number of likely N-dealkylation sites (N-methyl/N-ethyl adjacent to an activating group) is 1. The Morgan fingerprint density at radius 1 is 1.26 bits per heavy atom. The molecule has 1 N–H and O–H groups in total. The Bertz CT molecular complexity index is 405. The van der Waals surface area contributed by atoms with Crippen LogP contribution in [0.1, 0.15) is 30.1 Å². The van der Waals surface area contributed by atoms with Crippen LogP contribution in [0, 0.1) is 0 Å². The van der Waals surface area contributed by atoms with Gasteiger partial charge in [0.05, 0.1) is 12.2 Å². The number of esters is 2. The second-order valence-electron chi connectivity index (χ2n) is 3.96. The van der Waals surface area contributed by atoms with Crippen molar-refractivity contribution in [2.24, 2.45) is 0 Å². The molecule has 0 aliphatic rings. The van der Waals surface area contributed by atoms with Crippen LogP contribution in [-0.2, 0) is 14.3 Å². The largest absolute Gasteiger partial charge is 0.462 e. The summed E-state index contributed by atoms with van der Waals surface area (Å²) >= 11 is 0. The van der Waals surface area contributed by atoms with Gasteiger partial charge in [-0.15, -0.1) is 0 Å². The molecule has 0 aromatic heterocycles. The van der Waals surface area contributed by atoms with Crippen molar-refractivity contribution < 1.29 is 19.1 Å². The zero-order chi connectivity index (χ0) is 14.1. The lowest BCUT2D eigenvalue weighted by molar-refractivity contribution is -0.155. The molecule has 0 heterocycles. The first-order valence-electron chi connectivity index (χ1n) is 6.29. The second-order valence-corrected chi connectivity index (χ2v) is 3.96. The van der Waals surface area contributed by atoms with E-state index in [1.807, 2.05) is 6.92 Å². The number of rotatable bonds is 7. The topological polar surface area (TPSA) is 64.6 Å². The van der Waals surface area contributed by atoms with Gasteiger partial charge in [-0.1, -0.05) is 31.5 Å². The van der Waals surface area contributed by atoms with E-state index in [9.17, 15) is 9.59 Å².